The predicted molar refractivity (Wildman–Crippen MR) is 111 cm³/mol. The second-order valence-electron chi connectivity index (χ2n) is 7.86. The SMILES string of the molecule is CC(C)N1C[C@H](C(c2c#cc(F)cc2)c2ccc(F)cc2)n2c(c(O)c(=O)[nH]c2=O)C1=O. The van der Waals surface area contributed by atoms with Gasteiger partial charge in [-0.15, -0.1) is 0 Å². The first-order valence-electron chi connectivity index (χ1n) is 9.92. The highest BCUT2D eigenvalue weighted by atomic mass is 19.1. The lowest BCUT2D eigenvalue weighted by atomic mass is 9.84. The number of carbonyl (C=O) groups excluding carboxylic acids is 1. The number of aromatic nitrogens is 2. The Bertz CT molecular complexity index is 1240. The summed E-state index contributed by atoms with van der Waals surface area (Å²) in [6.45, 7) is 3.57. The number of rotatable bonds is 4. The largest absolute Gasteiger partial charge is 0.501 e. The van der Waals surface area contributed by atoms with E-state index in [1.165, 1.54) is 41.3 Å². The van der Waals surface area contributed by atoms with Crippen LogP contribution in [0.5, 0.6) is 5.75 Å². The fraction of sp³-hybridized carbons (Fsp3) is 0.261. The number of aromatic amines is 1. The molecule has 1 unspecified atom stereocenters. The molecule has 2 heterocycles. The minimum atomic E-state index is -1.07. The molecule has 1 aliphatic rings. The van der Waals surface area contributed by atoms with Gasteiger partial charge in [-0.1, -0.05) is 18.2 Å². The van der Waals surface area contributed by atoms with E-state index < -0.39 is 52.2 Å². The highest BCUT2D eigenvalue weighted by Crippen LogP contribution is 2.39. The van der Waals surface area contributed by atoms with Gasteiger partial charge in [-0.2, -0.15) is 4.39 Å². The molecule has 0 bridgehead atoms. The molecule has 1 aliphatic heterocycles. The number of benzene rings is 1. The van der Waals surface area contributed by atoms with E-state index in [9.17, 15) is 28.3 Å². The van der Waals surface area contributed by atoms with Crippen LogP contribution in [0, 0.1) is 23.8 Å². The molecule has 0 saturated carbocycles. The van der Waals surface area contributed by atoms with Crippen molar-refractivity contribution in [2.75, 3.05) is 6.54 Å². The van der Waals surface area contributed by atoms with Crippen molar-refractivity contribution < 1.29 is 18.7 Å². The van der Waals surface area contributed by atoms with Crippen LogP contribution in [0.1, 0.15) is 47.4 Å². The number of halogens is 2. The van der Waals surface area contributed by atoms with Crippen LogP contribution in [0.3, 0.4) is 0 Å². The third-order valence-corrected chi connectivity index (χ3v) is 5.61. The topological polar surface area (TPSA) is 95.4 Å². The van der Waals surface area contributed by atoms with Gasteiger partial charge in [-0.3, -0.25) is 19.1 Å². The molecule has 2 aromatic carbocycles. The van der Waals surface area contributed by atoms with Gasteiger partial charge in [-0.05, 0) is 49.7 Å². The van der Waals surface area contributed by atoms with Crippen molar-refractivity contribution in [3.8, 4) is 5.75 Å². The number of carbonyl (C=O) groups is 1. The summed E-state index contributed by atoms with van der Waals surface area (Å²) in [5.74, 6) is -3.33. The van der Waals surface area contributed by atoms with Gasteiger partial charge in [-0.25, -0.2) is 9.18 Å². The summed E-state index contributed by atoms with van der Waals surface area (Å²) in [4.78, 5) is 41.4. The molecule has 0 radical (unpaired) electrons. The van der Waals surface area contributed by atoms with Crippen LogP contribution in [-0.4, -0.2) is 38.1 Å². The van der Waals surface area contributed by atoms with Crippen LogP contribution in [0.4, 0.5) is 8.78 Å². The summed E-state index contributed by atoms with van der Waals surface area (Å²) in [5.41, 5.74) is -1.37. The first-order chi connectivity index (χ1) is 15.2. The summed E-state index contributed by atoms with van der Waals surface area (Å²) >= 11 is 0. The van der Waals surface area contributed by atoms with Crippen LogP contribution < -0.4 is 11.2 Å². The van der Waals surface area contributed by atoms with E-state index in [1.807, 2.05) is 4.98 Å². The van der Waals surface area contributed by atoms with E-state index in [2.05, 4.69) is 12.1 Å². The zero-order valence-corrected chi connectivity index (χ0v) is 17.2. The Kier molecular flexibility index (Phi) is 5.30. The van der Waals surface area contributed by atoms with Crippen molar-refractivity contribution in [1.29, 1.82) is 0 Å². The van der Waals surface area contributed by atoms with Crippen molar-refractivity contribution in [3.63, 3.8) is 0 Å². The number of H-pyrrole nitrogens is 1. The molecule has 0 saturated heterocycles. The monoisotopic (exact) mass is 439 g/mol. The molecule has 7 nitrogen and oxygen atoms in total. The highest BCUT2D eigenvalue weighted by molar-refractivity contribution is 5.96. The van der Waals surface area contributed by atoms with E-state index in [1.54, 1.807) is 13.8 Å². The minimum Gasteiger partial charge on any atom is -0.501 e. The predicted octanol–water partition coefficient (Wildman–Crippen LogP) is 2.36. The van der Waals surface area contributed by atoms with Crippen LogP contribution in [0.25, 0.3) is 0 Å². The summed E-state index contributed by atoms with van der Waals surface area (Å²) < 4.78 is 28.2. The Balaban J connectivity index is 2.01. The van der Waals surface area contributed by atoms with Crippen molar-refractivity contribution in [2.45, 2.75) is 31.8 Å². The lowest BCUT2D eigenvalue weighted by Gasteiger charge is -2.40. The fourth-order valence-corrected chi connectivity index (χ4v) is 4.10. The van der Waals surface area contributed by atoms with Crippen molar-refractivity contribution in [2.24, 2.45) is 0 Å². The summed E-state index contributed by atoms with van der Waals surface area (Å²) in [6, 6.07) is 12.1. The number of nitrogens with zero attached hydrogens (tertiary/aromatic N) is 2. The first kappa shape index (κ1) is 21.3. The maximum absolute atomic E-state index is 13.6. The van der Waals surface area contributed by atoms with Crippen molar-refractivity contribution >= 4 is 5.91 Å². The lowest BCUT2D eigenvalue weighted by molar-refractivity contribution is 0.0581. The van der Waals surface area contributed by atoms with Gasteiger partial charge in [0.1, 0.15) is 5.82 Å². The normalized spacial score (nSPS) is 15.8. The Morgan fingerprint density at radius 1 is 1.06 bits per heavy atom. The molecule has 0 fully saturated rings. The Labute approximate surface area is 181 Å². The molecule has 2 atom stereocenters. The van der Waals surface area contributed by atoms with Crippen LogP contribution >= 0.6 is 0 Å². The lowest BCUT2D eigenvalue weighted by Crippen LogP contribution is -2.53. The molecule has 0 spiro atoms. The van der Waals surface area contributed by atoms with E-state index >= 15 is 0 Å². The average Bonchev–Trinajstić information content (AvgIpc) is 2.75. The molecule has 2 N–H and O–H groups in total. The average molecular weight is 439 g/mol. The number of hydrogen-bond donors (Lipinski definition) is 2. The molecule has 1 amide bonds. The fourth-order valence-electron chi connectivity index (χ4n) is 4.10. The van der Waals surface area contributed by atoms with E-state index in [0.29, 0.717) is 11.1 Å². The summed E-state index contributed by atoms with van der Waals surface area (Å²) in [7, 11) is 0. The number of aromatic hydroxyl groups is 1. The van der Waals surface area contributed by atoms with Gasteiger partial charge >= 0.3 is 5.69 Å². The smallest absolute Gasteiger partial charge is 0.329 e. The van der Waals surface area contributed by atoms with Crippen LogP contribution in [-0.2, 0) is 0 Å². The zero-order chi connectivity index (χ0) is 23.2. The van der Waals surface area contributed by atoms with Crippen LogP contribution in [0.15, 0.2) is 46.0 Å². The van der Waals surface area contributed by atoms with Crippen molar-refractivity contribution in [3.05, 3.63) is 97.8 Å². The molecule has 4 rings (SSSR count). The molecule has 3 aromatic rings. The number of nitrogens with one attached hydrogen (secondary N) is 1. The molecule has 9 heteroatoms. The Hall–Kier alpha value is -3.93. The molecular weight excluding hydrogens is 420 g/mol. The zero-order valence-electron chi connectivity index (χ0n) is 17.2. The summed E-state index contributed by atoms with van der Waals surface area (Å²) in [5, 5.41) is 10.4. The third-order valence-electron chi connectivity index (χ3n) is 5.61. The van der Waals surface area contributed by atoms with Gasteiger partial charge in [0.2, 0.25) is 5.75 Å². The van der Waals surface area contributed by atoms with E-state index in [0.717, 1.165) is 4.57 Å². The maximum Gasteiger partial charge on any atom is 0.329 e. The first-order valence-corrected chi connectivity index (χ1v) is 9.92. The third kappa shape index (κ3) is 3.54. The quantitative estimate of drug-likeness (QED) is 0.653. The number of fused-ring (bicyclic) bond motifs is 1. The second-order valence-corrected chi connectivity index (χ2v) is 7.86. The summed E-state index contributed by atoms with van der Waals surface area (Å²) in [6.07, 6.45) is 0. The number of amides is 1. The van der Waals surface area contributed by atoms with E-state index in [4.69, 9.17) is 0 Å². The molecule has 1 aromatic heterocycles. The molecule has 0 aliphatic carbocycles. The van der Waals surface area contributed by atoms with Gasteiger partial charge in [0, 0.05) is 24.1 Å². The van der Waals surface area contributed by atoms with Gasteiger partial charge in [0.15, 0.2) is 11.5 Å². The van der Waals surface area contributed by atoms with Crippen molar-refractivity contribution in [1.82, 2.24) is 14.5 Å². The van der Waals surface area contributed by atoms with Crippen LogP contribution in [0.2, 0.25) is 0 Å². The molecule has 164 valence electrons. The van der Waals surface area contributed by atoms with Gasteiger partial charge in [0.05, 0.1) is 6.04 Å². The van der Waals surface area contributed by atoms with E-state index in [-0.39, 0.29) is 12.6 Å². The maximum atomic E-state index is 13.6. The van der Waals surface area contributed by atoms with Gasteiger partial charge < -0.3 is 10.0 Å². The minimum absolute atomic E-state index is 0.0438. The van der Waals surface area contributed by atoms with Gasteiger partial charge in [0.25, 0.3) is 11.5 Å². The number of hydrogen-bond acceptors (Lipinski definition) is 4. The standard InChI is InChI=1S/C23H19F2N3O4/c1-12(2)27-11-17(28-19(22(27)31)20(29)21(30)26-23(28)32)18(13-3-7-15(24)8-4-13)14-5-9-16(25)10-6-14/h3-5,7-9,12,17-18,29H,11H2,1-2H3,(H,26,30,32)/t17-,18?/m1/s1. The second kappa shape index (κ2) is 7.96. The Morgan fingerprint density at radius 2 is 1.75 bits per heavy atom. The Morgan fingerprint density at radius 3 is 2.34 bits per heavy atom. The highest BCUT2D eigenvalue weighted by Gasteiger charge is 2.41. The molecule has 32 heavy (non-hydrogen) atoms. The molecular formula is C23H19F2N3O4.